The van der Waals surface area contributed by atoms with Crippen molar-refractivity contribution in [2.75, 3.05) is 0 Å². The molecule has 0 atom stereocenters. The SMILES string of the molecule is CCc1ccc(C(OP(=O)(O)O)c2ccc(CC)cc2CC)c(CC)c1. The van der Waals surface area contributed by atoms with Gasteiger partial charge < -0.3 is 9.79 Å². The Morgan fingerprint density at radius 2 is 1.23 bits per heavy atom. The Balaban J connectivity index is 2.64. The maximum absolute atomic E-state index is 11.7. The molecule has 0 aromatic heterocycles. The first-order valence-electron chi connectivity index (χ1n) is 9.30. The molecule has 0 aliphatic heterocycles. The van der Waals surface area contributed by atoms with Gasteiger partial charge in [0.15, 0.2) is 0 Å². The van der Waals surface area contributed by atoms with Crippen LogP contribution in [0.1, 0.15) is 67.2 Å². The van der Waals surface area contributed by atoms with Gasteiger partial charge >= 0.3 is 7.82 Å². The summed E-state index contributed by atoms with van der Waals surface area (Å²) in [7, 11) is -4.65. The number of rotatable bonds is 8. The van der Waals surface area contributed by atoms with Crippen molar-refractivity contribution in [3.05, 3.63) is 69.8 Å². The molecule has 0 aliphatic carbocycles. The molecule has 0 saturated heterocycles. The van der Waals surface area contributed by atoms with Gasteiger partial charge in [0, 0.05) is 0 Å². The molecule has 0 spiro atoms. The van der Waals surface area contributed by atoms with Gasteiger partial charge in [-0.2, -0.15) is 0 Å². The third-order valence-corrected chi connectivity index (χ3v) is 5.29. The van der Waals surface area contributed by atoms with Crippen molar-refractivity contribution < 1.29 is 18.9 Å². The number of benzene rings is 2. The Hall–Kier alpha value is -1.45. The van der Waals surface area contributed by atoms with E-state index in [0.717, 1.165) is 47.9 Å². The molecule has 0 bridgehead atoms. The number of aryl methyl sites for hydroxylation is 4. The van der Waals surface area contributed by atoms with E-state index < -0.39 is 13.9 Å². The lowest BCUT2D eigenvalue weighted by Crippen LogP contribution is -2.11. The summed E-state index contributed by atoms with van der Waals surface area (Å²) < 4.78 is 17.0. The van der Waals surface area contributed by atoms with Gasteiger partial charge in [-0.1, -0.05) is 64.1 Å². The highest BCUT2D eigenvalue weighted by molar-refractivity contribution is 7.46. The molecule has 2 aromatic carbocycles. The highest BCUT2D eigenvalue weighted by atomic mass is 31.2. The largest absolute Gasteiger partial charge is 0.470 e. The number of phosphoric ester groups is 1. The predicted molar refractivity (Wildman–Crippen MR) is 105 cm³/mol. The molecule has 2 aromatic rings. The molecule has 0 heterocycles. The summed E-state index contributed by atoms with van der Waals surface area (Å²) in [6.45, 7) is 8.29. The fourth-order valence-corrected chi connectivity index (χ4v) is 3.80. The third kappa shape index (κ3) is 5.05. The lowest BCUT2D eigenvalue weighted by molar-refractivity contribution is 0.157. The standard InChI is InChI=1S/C21H29O4P/c1-5-15-9-11-19(17(7-3)13-15)21(25-26(22,23)24)20-12-10-16(6-2)14-18(20)8-4/h9-14,21H,5-8H2,1-4H3,(H2,22,23,24). The fraction of sp³-hybridized carbons (Fsp3) is 0.429. The molecule has 0 saturated carbocycles. The van der Waals surface area contributed by atoms with Crippen LogP contribution in [0.4, 0.5) is 0 Å². The van der Waals surface area contributed by atoms with Crippen molar-refractivity contribution in [2.24, 2.45) is 0 Å². The molecule has 142 valence electrons. The van der Waals surface area contributed by atoms with E-state index in [2.05, 4.69) is 26.0 Å². The Labute approximate surface area is 156 Å². The molecule has 5 heteroatoms. The molecule has 2 N–H and O–H groups in total. The average Bonchev–Trinajstić information content (AvgIpc) is 2.64. The van der Waals surface area contributed by atoms with Crippen LogP contribution in [0.5, 0.6) is 0 Å². The van der Waals surface area contributed by atoms with E-state index in [1.54, 1.807) is 0 Å². The monoisotopic (exact) mass is 376 g/mol. The summed E-state index contributed by atoms with van der Waals surface area (Å²) in [6.07, 6.45) is 2.61. The number of hydrogen-bond acceptors (Lipinski definition) is 2. The van der Waals surface area contributed by atoms with Crippen molar-refractivity contribution in [3.63, 3.8) is 0 Å². The zero-order chi connectivity index (χ0) is 19.3. The number of hydrogen-bond donors (Lipinski definition) is 2. The van der Waals surface area contributed by atoms with E-state index in [0.29, 0.717) is 0 Å². The molecule has 4 nitrogen and oxygen atoms in total. The van der Waals surface area contributed by atoms with E-state index in [1.807, 2.05) is 38.1 Å². The Kier molecular flexibility index (Phi) is 7.19. The van der Waals surface area contributed by atoms with E-state index in [1.165, 1.54) is 11.1 Å². The summed E-state index contributed by atoms with van der Waals surface area (Å²) in [5.41, 5.74) is 6.18. The highest BCUT2D eigenvalue weighted by Crippen LogP contribution is 2.46. The van der Waals surface area contributed by atoms with Crippen LogP contribution in [0.25, 0.3) is 0 Å². The van der Waals surface area contributed by atoms with Gasteiger partial charge in [0.1, 0.15) is 6.10 Å². The minimum Gasteiger partial charge on any atom is -0.303 e. The van der Waals surface area contributed by atoms with E-state index in [-0.39, 0.29) is 0 Å². The lowest BCUT2D eigenvalue weighted by atomic mass is 9.89. The molecule has 2 rings (SSSR count). The van der Waals surface area contributed by atoms with Crippen molar-refractivity contribution in [2.45, 2.75) is 59.5 Å². The van der Waals surface area contributed by atoms with Gasteiger partial charge in [-0.15, -0.1) is 0 Å². The quantitative estimate of drug-likeness (QED) is 0.627. The molecule has 0 aliphatic rings. The van der Waals surface area contributed by atoms with Gasteiger partial charge in [-0.3, -0.25) is 4.52 Å². The van der Waals surface area contributed by atoms with Crippen molar-refractivity contribution in [3.8, 4) is 0 Å². The van der Waals surface area contributed by atoms with Crippen LogP contribution >= 0.6 is 7.82 Å². The summed E-state index contributed by atoms with van der Waals surface area (Å²) in [6, 6.07) is 12.1. The Bertz CT molecular complexity index is 739. The molecule has 26 heavy (non-hydrogen) atoms. The van der Waals surface area contributed by atoms with Crippen molar-refractivity contribution in [1.29, 1.82) is 0 Å². The smallest absolute Gasteiger partial charge is 0.303 e. The molecular weight excluding hydrogens is 347 g/mol. The fourth-order valence-electron chi connectivity index (χ4n) is 3.30. The first-order chi connectivity index (χ1) is 12.3. The maximum atomic E-state index is 11.7. The van der Waals surface area contributed by atoms with Crippen LogP contribution in [0.15, 0.2) is 36.4 Å². The van der Waals surface area contributed by atoms with Gasteiger partial charge in [0.2, 0.25) is 0 Å². The predicted octanol–water partition coefficient (Wildman–Crippen LogP) is 5.13. The average molecular weight is 376 g/mol. The first-order valence-corrected chi connectivity index (χ1v) is 10.8. The summed E-state index contributed by atoms with van der Waals surface area (Å²) in [4.78, 5) is 19.1. The zero-order valence-corrected chi connectivity index (χ0v) is 16.9. The minimum absolute atomic E-state index is 0.776. The Morgan fingerprint density at radius 3 is 1.54 bits per heavy atom. The topological polar surface area (TPSA) is 66.8 Å². The van der Waals surface area contributed by atoms with Crippen LogP contribution in [0.3, 0.4) is 0 Å². The highest BCUT2D eigenvalue weighted by Gasteiger charge is 2.28. The van der Waals surface area contributed by atoms with Crippen LogP contribution in [-0.4, -0.2) is 9.79 Å². The summed E-state index contributed by atoms with van der Waals surface area (Å²) in [5.74, 6) is 0. The third-order valence-electron chi connectivity index (χ3n) is 4.80. The van der Waals surface area contributed by atoms with E-state index in [4.69, 9.17) is 4.52 Å². The summed E-state index contributed by atoms with van der Waals surface area (Å²) >= 11 is 0. The van der Waals surface area contributed by atoms with Gasteiger partial charge in [-0.05, 0) is 59.1 Å². The van der Waals surface area contributed by atoms with Crippen molar-refractivity contribution in [1.82, 2.24) is 0 Å². The lowest BCUT2D eigenvalue weighted by Gasteiger charge is -2.24. The normalized spacial score (nSPS) is 12.0. The second kappa shape index (κ2) is 8.96. The molecule has 0 radical (unpaired) electrons. The number of phosphoric acid groups is 1. The van der Waals surface area contributed by atoms with Gasteiger partial charge in [-0.25, -0.2) is 4.57 Å². The first kappa shape index (κ1) is 20.9. The second-order valence-electron chi connectivity index (χ2n) is 6.46. The van der Waals surface area contributed by atoms with E-state index >= 15 is 0 Å². The van der Waals surface area contributed by atoms with Gasteiger partial charge in [0.05, 0.1) is 0 Å². The van der Waals surface area contributed by atoms with E-state index in [9.17, 15) is 14.4 Å². The Morgan fingerprint density at radius 1 is 0.808 bits per heavy atom. The maximum Gasteiger partial charge on any atom is 0.470 e. The van der Waals surface area contributed by atoms with Crippen molar-refractivity contribution >= 4 is 7.82 Å². The molecule has 0 amide bonds. The molecular formula is C21H29O4P. The van der Waals surface area contributed by atoms with Crippen LogP contribution in [0, 0.1) is 0 Å². The van der Waals surface area contributed by atoms with Crippen LogP contribution in [-0.2, 0) is 34.8 Å². The van der Waals surface area contributed by atoms with Gasteiger partial charge in [0.25, 0.3) is 0 Å². The molecule has 0 unspecified atom stereocenters. The second-order valence-corrected chi connectivity index (χ2v) is 7.65. The van der Waals surface area contributed by atoms with Crippen LogP contribution in [0.2, 0.25) is 0 Å². The minimum atomic E-state index is -4.65. The zero-order valence-electron chi connectivity index (χ0n) is 16.0. The summed E-state index contributed by atoms with van der Waals surface area (Å²) in [5, 5.41) is 0. The molecule has 0 fully saturated rings. The van der Waals surface area contributed by atoms with Crippen LogP contribution < -0.4 is 0 Å².